The third-order valence-electron chi connectivity index (χ3n) is 4.85. The third kappa shape index (κ3) is 4.34. The van der Waals surface area contributed by atoms with Crippen LogP contribution in [0.5, 0.6) is 0 Å². The highest BCUT2D eigenvalue weighted by Gasteiger charge is 2.29. The monoisotopic (exact) mass is 405 g/mol. The number of aryl methyl sites for hydroxylation is 1. The molecule has 0 aliphatic heterocycles. The van der Waals surface area contributed by atoms with Gasteiger partial charge in [0.2, 0.25) is 5.91 Å². The van der Waals surface area contributed by atoms with E-state index >= 15 is 0 Å². The second-order valence-electron chi connectivity index (χ2n) is 6.98. The van der Waals surface area contributed by atoms with Crippen molar-refractivity contribution in [3.8, 4) is 0 Å². The van der Waals surface area contributed by atoms with Gasteiger partial charge in [-0.1, -0.05) is 24.3 Å². The van der Waals surface area contributed by atoms with Gasteiger partial charge in [-0.3, -0.25) is 4.79 Å². The SMILES string of the molecule is CN(C)S(=O)(=O)N(CC(=O)N[C@@H]1CCCc2ccccc21)c1ccc(F)cc1. The number of carbonyl (C=O) groups excluding carboxylic acids is 1. The summed E-state index contributed by atoms with van der Waals surface area (Å²) in [5.74, 6) is -0.884. The van der Waals surface area contributed by atoms with Crippen molar-refractivity contribution in [2.75, 3.05) is 24.9 Å². The topological polar surface area (TPSA) is 69.7 Å². The van der Waals surface area contributed by atoms with Crippen molar-refractivity contribution in [3.05, 3.63) is 65.5 Å². The second-order valence-corrected chi connectivity index (χ2v) is 9.05. The van der Waals surface area contributed by atoms with Crippen LogP contribution in [0.15, 0.2) is 48.5 Å². The smallest absolute Gasteiger partial charge is 0.304 e. The number of amides is 1. The molecule has 28 heavy (non-hydrogen) atoms. The van der Waals surface area contributed by atoms with E-state index in [9.17, 15) is 17.6 Å². The second kappa shape index (κ2) is 8.28. The first-order valence-electron chi connectivity index (χ1n) is 9.12. The maximum atomic E-state index is 13.3. The lowest BCUT2D eigenvalue weighted by Gasteiger charge is -2.29. The zero-order valence-corrected chi connectivity index (χ0v) is 16.7. The van der Waals surface area contributed by atoms with Gasteiger partial charge < -0.3 is 5.32 Å². The number of anilines is 1. The number of carbonyl (C=O) groups is 1. The number of fused-ring (bicyclic) bond motifs is 1. The molecule has 0 spiro atoms. The molecule has 8 heteroatoms. The average molecular weight is 405 g/mol. The summed E-state index contributed by atoms with van der Waals surface area (Å²) in [5.41, 5.74) is 2.51. The Hall–Kier alpha value is -2.45. The molecule has 1 N–H and O–H groups in total. The summed E-state index contributed by atoms with van der Waals surface area (Å²) in [6, 6.07) is 12.8. The molecule has 0 fully saturated rings. The first kappa shape index (κ1) is 20.3. The fourth-order valence-electron chi connectivity index (χ4n) is 3.38. The maximum absolute atomic E-state index is 13.3. The lowest BCUT2D eigenvalue weighted by atomic mass is 9.88. The quantitative estimate of drug-likeness (QED) is 0.803. The van der Waals surface area contributed by atoms with E-state index in [1.54, 1.807) is 0 Å². The van der Waals surface area contributed by atoms with Crippen LogP contribution in [0.4, 0.5) is 10.1 Å². The lowest BCUT2D eigenvalue weighted by Crippen LogP contribution is -2.46. The Morgan fingerprint density at radius 2 is 1.82 bits per heavy atom. The molecular weight excluding hydrogens is 381 g/mol. The van der Waals surface area contributed by atoms with Gasteiger partial charge in [0, 0.05) is 14.1 Å². The minimum atomic E-state index is -3.92. The van der Waals surface area contributed by atoms with Crippen molar-refractivity contribution in [2.24, 2.45) is 0 Å². The number of benzene rings is 2. The molecule has 0 radical (unpaired) electrons. The van der Waals surface area contributed by atoms with Gasteiger partial charge in [0.25, 0.3) is 0 Å². The van der Waals surface area contributed by atoms with Crippen molar-refractivity contribution >= 4 is 21.8 Å². The summed E-state index contributed by atoms with van der Waals surface area (Å²) < 4.78 is 40.7. The molecule has 2 aromatic carbocycles. The Morgan fingerprint density at radius 1 is 1.14 bits per heavy atom. The summed E-state index contributed by atoms with van der Waals surface area (Å²) in [5, 5.41) is 2.96. The Bertz CT molecular complexity index is 945. The molecular formula is C20H24FN3O3S. The molecule has 0 saturated carbocycles. The lowest BCUT2D eigenvalue weighted by molar-refractivity contribution is -0.120. The highest BCUT2D eigenvalue weighted by Crippen LogP contribution is 2.29. The van der Waals surface area contributed by atoms with E-state index in [1.807, 2.05) is 18.2 Å². The van der Waals surface area contributed by atoms with Crippen LogP contribution in [0.3, 0.4) is 0 Å². The minimum Gasteiger partial charge on any atom is -0.348 e. The van der Waals surface area contributed by atoms with E-state index in [-0.39, 0.29) is 18.3 Å². The number of nitrogens with one attached hydrogen (secondary N) is 1. The third-order valence-corrected chi connectivity index (χ3v) is 6.67. The van der Waals surface area contributed by atoms with Gasteiger partial charge in [0.15, 0.2) is 0 Å². The van der Waals surface area contributed by atoms with E-state index in [2.05, 4.69) is 11.4 Å². The number of nitrogens with zero attached hydrogens (tertiary/aromatic N) is 2. The number of halogens is 1. The van der Waals surface area contributed by atoms with Crippen molar-refractivity contribution < 1.29 is 17.6 Å². The van der Waals surface area contributed by atoms with E-state index in [4.69, 9.17) is 0 Å². The number of rotatable bonds is 6. The standard InChI is InChI=1S/C20H24FN3O3S/c1-23(2)28(26,27)24(17-12-10-16(21)11-13-17)14-20(25)22-19-9-5-7-15-6-3-4-8-18(15)19/h3-4,6,8,10-13,19H,5,7,9,14H2,1-2H3,(H,22,25)/t19-/m1/s1. The Morgan fingerprint density at radius 3 is 2.50 bits per heavy atom. The van der Waals surface area contributed by atoms with Gasteiger partial charge in [-0.15, -0.1) is 0 Å². The summed E-state index contributed by atoms with van der Waals surface area (Å²) in [6.07, 6.45) is 2.73. The molecule has 1 atom stereocenters. The van der Waals surface area contributed by atoms with Crippen LogP contribution in [0.25, 0.3) is 0 Å². The van der Waals surface area contributed by atoms with E-state index in [0.29, 0.717) is 0 Å². The van der Waals surface area contributed by atoms with Crippen LogP contribution in [0.2, 0.25) is 0 Å². The normalized spacial score (nSPS) is 16.5. The molecule has 6 nitrogen and oxygen atoms in total. The Labute approximate surface area is 165 Å². The molecule has 0 saturated heterocycles. The van der Waals surface area contributed by atoms with Crippen molar-refractivity contribution in [2.45, 2.75) is 25.3 Å². The number of hydrogen-bond donors (Lipinski definition) is 1. The van der Waals surface area contributed by atoms with Gasteiger partial charge in [-0.2, -0.15) is 12.7 Å². The van der Waals surface area contributed by atoms with Crippen LogP contribution in [0.1, 0.15) is 30.0 Å². The fourth-order valence-corrected chi connectivity index (χ4v) is 4.45. The van der Waals surface area contributed by atoms with E-state index in [0.717, 1.165) is 33.4 Å². The first-order valence-corrected chi connectivity index (χ1v) is 10.5. The van der Waals surface area contributed by atoms with Crippen LogP contribution in [-0.2, 0) is 21.4 Å². The molecule has 0 aromatic heterocycles. The predicted molar refractivity (Wildman–Crippen MR) is 107 cm³/mol. The highest BCUT2D eigenvalue weighted by molar-refractivity contribution is 7.90. The molecule has 0 unspecified atom stereocenters. The van der Waals surface area contributed by atoms with Gasteiger partial charge >= 0.3 is 10.2 Å². The van der Waals surface area contributed by atoms with Gasteiger partial charge in [-0.05, 0) is 54.7 Å². The van der Waals surface area contributed by atoms with E-state index in [1.165, 1.54) is 43.9 Å². The molecule has 150 valence electrons. The van der Waals surface area contributed by atoms with Crippen LogP contribution < -0.4 is 9.62 Å². The van der Waals surface area contributed by atoms with Crippen LogP contribution >= 0.6 is 0 Å². The summed E-state index contributed by atoms with van der Waals surface area (Å²) in [4.78, 5) is 12.7. The maximum Gasteiger partial charge on any atom is 0.304 e. The molecule has 1 aliphatic rings. The summed E-state index contributed by atoms with van der Waals surface area (Å²) in [6.45, 7) is -0.384. The highest BCUT2D eigenvalue weighted by atomic mass is 32.2. The van der Waals surface area contributed by atoms with Crippen LogP contribution in [0, 0.1) is 5.82 Å². The zero-order chi connectivity index (χ0) is 20.3. The average Bonchev–Trinajstić information content (AvgIpc) is 2.67. The molecule has 2 aromatic rings. The predicted octanol–water partition coefficient (Wildman–Crippen LogP) is 2.63. The number of hydrogen-bond acceptors (Lipinski definition) is 3. The van der Waals surface area contributed by atoms with Crippen LogP contribution in [-0.4, -0.2) is 39.3 Å². The Kier molecular flexibility index (Phi) is 6.00. The molecule has 3 rings (SSSR count). The van der Waals surface area contributed by atoms with Crippen molar-refractivity contribution in [1.29, 1.82) is 0 Å². The largest absolute Gasteiger partial charge is 0.348 e. The molecule has 1 aliphatic carbocycles. The van der Waals surface area contributed by atoms with Crippen molar-refractivity contribution in [3.63, 3.8) is 0 Å². The van der Waals surface area contributed by atoms with Gasteiger partial charge in [0.1, 0.15) is 12.4 Å². The minimum absolute atomic E-state index is 0.144. The Balaban J connectivity index is 1.81. The first-order chi connectivity index (χ1) is 13.3. The summed E-state index contributed by atoms with van der Waals surface area (Å²) >= 11 is 0. The zero-order valence-electron chi connectivity index (χ0n) is 15.9. The van der Waals surface area contributed by atoms with Gasteiger partial charge in [0.05, 0.1) is 11.7 Å². The molecule has 0 heterocycles. The van der Waals surface area contributed by atoms with E-state index < -0.39 is 21.9 Å². The summed E-state index contributed by atoms with van der Waals surface area (Å²) in [7, 11) is -1.14. The fraction of sp³-hybridized carbons (Fsp3) is 0.350. The van der Waals surface area contributed by atoms with Crippen molar-refractivity contribution in [1.82, 2.24) is 9.62 Å². The molecule has 0 bridgehead atoms. The molecule has 1 amide bonds. The van der Waals surface area contributed by atoms with Gasteiger partial charge in [-0.25, -0.2) is 8.70 Å².